The van der Waals surface area contributed by atoms with Crippen LogP contribution in [0.4, 0.5) is 5.69 Å². The topological polar surface area (TPSA) is 45.2 Å². The minimum absolute atomic E-state index is 0.0518. The van der Waals surface area contributed by atoms with E-state index < -0.39 is 0 Å². The maximum atomic E-state index is 12.8. The number of anilines is 1. The predicted octanol–water partition coefficient (Wildman–Crippen LogP) is 4.92. The molecule has 4 heteroatoms. The maximum absolute atomic E-state index is 12.8. The molecule has 138 valence electrons. The van der Waals surface area contributed by atoms with Crippen molar-refractivity contribution in [1.29, 1.82) is 0 Å². The zero-order valence-corrected chi connectivity index (χ0v) is 15.8. The molecule has 1 aromatic heterocycles. The van der Waals surface area contributed by atoms with E-state index in [0.717, 1.165) is 11.3 Å². The Balaban J connectivity index is 1.65. The van der Waals surface area contributed by atoms with Crippen LogP contribution in [0, 0.1) is 0 Å². The van der Waals surface area contributed by atoms with E-state index in [1.807, 2.05) is 61.5 Å². The third kappa shape index (κ3) is 4.94. The second-order valence-electron chi connectivity index (χ2n) is 6.51. The smallest absolute Gasteiger partial charge is 0.272 e. The van der Waals surface area contributed by atoms with Crippen LogP contribution in [0.15, 0.2) is 79.0 Å². The molecule has 1 atom stereocenters. The number of hydrogen-bond acceptors (Lipinski definition) is 3. The highest BCUT2D eigenvalue weighted by Crippen LogP contribution is 2.19. The Bertz CT molecular complexity index is 848. The number of aromatic nitrogens is 1. The molecule has 0 radical (unpaired) electrons. The van der Waals surface area contributed by atoms with Crippen molar-refractivity contribution in [2.75, 3.05) is 11.9 Å². The van der Waals surface area contributed by atoms with Crippen molar-refractivity contribution in [3.05, 3.63) is 95.8 Å². The lowest BCUT2D eigenvalue weighted by Crippen LogP contribution is -2.30. The number of pyridine rings is 1. The molecule has 0 bridgehead atoms. The molecule has 0 spiro atoms. The predicted molar refractivity (Wildman–Crippen MR) is 110 cm³/mol. The number of carbonyl (C=O) groups is 1. The van der Waals surface area contributed by atoms with Crippen LogP contribution in [0.2, 0.25) is 0 Å². The maximum Gasteiger partial charge on any atom is 0.272 e. The van der Waals surface area contributed by atoms with Gasteiger partial charge in [-0.25, -0.2) is 4.98 Å². The summed E-state index contributed by atoms with van der Waals surface area (Å²) in [7, 11) is 0. The lowest BCUT2D eigenvalue weighted by Gasteiger charge is -2.21. The summed E-state index contributed by atoms with van der Waals surface area (Å²) in [6, 6.07) is 24.1. The van der Waals surface area contributed by atoms with Gasteiger partial charge >= 0.3 is 0 Å². The van der Waals surface area contributed by atoms with Crippen LogP contribution in [-0.4, -0.2) is 22.3 Å². The summed E-state index contributed by atoms with van der Waals surface area (Å²) in [6.45, 7) is 5.31. The molecule has 1 unspecified atom stereocenters. The van der Waals surface area contributed by atoms with E-state index in [2.05, 4.69) is 29.4 Å². The standard InChI is InChI=1S/C23H25N3O/c1-3-26(17-19-10-6-4-7-11-19)23(27)22-15-14-21(16-24-22)25-18(2)20-12-8-5-9-13-20/h4-16,18,25H,3,17H2,1-2H3. The summed E-state index contributed by atoms with van der Waals surface area (Å²) >= 11 is 0. The third-order valence-corrected chi connectivity index (χ3v) is 4.55. The Hall–Kier alpha value is -3.14. The first-order valence-electron chi connectivity index (χ1n) is 9.28. The van der Waals surface area contributed by atoms with Gasteiger partial charge in [0.25, 0.3) is 5.91 Å². The van der Waals surface area contributed by atoms with Crippen molar-refractivity contribution in [2.24, 2.45) is 0 Å². The average Bonchev–Trinajstić information content (AvgIpc) is 2.73. The number of carbonyl (C=O) groups excluding carboxylic acids is 1. The Morgan fingerprint density at radius 1 is 1.00 bits per heavy atom. The SMILES string of the molecule is CCN(Cc1ccccc1)C(=O)c1ccc(NC(C)c2ccccc2)cn1. The van der Waals surface area contributed by atoms with Gasteiger partial charge in [-0.1, -0.05) is 60.7 Å². The minimum atomic E-state index is -0.0518. The summed E-state index contributed by atoms with van der Waals surface area (Å²) in [5.41, 5.74) is 3.68. The van der Waals surface area contributed by atoms with E-state index in [1.165, 1.54) is 5.56 Å². The average molecular weight is 359 g/mol. The number of amides is 1. The van der Waals surface area contributed by atoms with Crippen LogP contribution in [-0.2, 0) is 6.54 Å². The van der Waals surface area contributed by atoms with E-state index in [4.69, 9.17) is 0 Å². The van der Waals surface area contributed by atoms with Gasteiger partial charge in [0.1, 0.15) is 5.69 Å². The summed E-state index contributed by atoms with van der Waals surface area (Å²) in [5, 5.41) is 3.42. The van der Waals surface area contributed by atoms with Crippen molar-refractivity contribution >= 4 is 11.6 Å². The quantitative estimate of drug-likeness (QED) is 0.651. The molecular weight excluding hydrogens is 334 g/mol. The van der Waals surface area contributed by atoms with Crippen LogP contribution in [0.25, 0.3) is 0 Å². The van der Waals surface area contributed by atoms with E-state index in [-0.39, 0.29) is 11.9 Å². The van der Waals surface area contributed by atoms with Crippen LogP contribution in [0.3, 0.4) is 0 Å². The molecule has 1 heterocycles. The number of nitrogens with one attached hydrogen (secondary N) is 1. The Morgan fingerprint density at radius 2 is 1.67 bits per heavy atom. The Labute approximate surface area is 160 Å². The van der Waals surface area contributed by atoms with E-state index >= 15 is 0 Å². The molecule has 1 amide bonds. The van der Waals surface area contributed by atoms with Gasteiger partial charge in [-0.2, -0.15) is 0 Å². The first kappa shape index (κ1) is 18.6. The molecule has 3 rings (SSSR count). The fourth-order valence-corrected chi connectivity index (χ4v) is 2.97. The molecule has 0 aliphatic carbocycles. The molecule has 4 nitrogen and oxygen atoms in total. The minimum Gasteiger partial charge on any atom is -0.377 e. The van der Waals surface area contributed by atoms with Gasteiger partial charge in [0.05, 0.1) is 11.9 Å². The molecule has 0 aliphatic heterocycles. The van der Waals surface area contributed by atoms with Gasteiger partial charge in [0, 0.05) is 19.1 Å². The summed E-state index contributed by atoms with van der Waals surface area (Å²) in [5.74, 6) is -0.0518. The second-order valence-corrected chi connectivity index (χ2v) is 6.51. The first-order chi connectivity index (χ1) is 13.2. The van der Waals surface area contributed by atoms with Gasteiger partial charge in [0.2, 0.25) is 0 Å². The molecule has 1 N–H and O–H groups in total. The number of benzene rings is 2. The van der Waals surface area contributed by atoms with E-state index in [1.54, 1.807) is 17.2 Å². The van der Waals surface area contributed by atoms with Gasteiger partial charge in [-0.3, -0.25) is 4.79 Å². The first-order valence-corrected chi connectivity index (χ1v) is 9.28. The van der Waals surface area contributed by atoms with Crippen molar-refractivity contribution in [2.45, 2.75) is 26.4 Å². The number of rotatable bonds is 7. The highest BCUT2D eigenvalue weighted by atomic mass is 16.2. The molecule has 0 saturated heterocycles. The molecule has 0 aliphatic rings. The van der Waals surface area contributed by atoms with E-state index in [0.29, 0.717) is 18.8 Å². The van der Waals surface area contributed by atoms with Crippen LogP contribution >= 0.6 is 0 Å². The van der Waals surface area contributed by atoms with Gasteiger partial charge in [0.15, 0.2) is 0 Å². The van der Waals surface area contributed by atoms with Crippen molar-refractivity contribution in [1.82, 2.24) is 9.88 Å². The molecule has 3 aromatic rings. The largest absolute Gasteiger partial charge is 0.377 e. The zero-order valence-electron chi connectivity index (χ0n) is 15.8. The Morgan fingerprint density at radius 3 is 2.26 bits per heavy atom. The zero-order chi connectivity index (χ0) is 19.1. The van der Waals surface area contributed by atoms with Gasteiger partial charge in [-0.15, -0.1) is 0 Å². The van der Waals surface area contributed by atoms with Crippen molar-refractivity contribution in [3.8, 4) is 0 Å². The Kier molecular flexibility index (Phi) is 6.21. The summed E-state index contributed by atoms with van der Waals surface area (Å²) in [4.78, 5) is 19.0. The highest BCUT2D eigenvalue weighted by Gasteiger charge is 2.16. The van der Waals surface area contributed by atoms with E-state index in [9.17, 15) is 4.79 Å². The third-order valence-electron chi connectivity index (χ3n) is 4.55. The van der Waals surface area contributed by atoms with Crippen LogP contribution in [0.1, 0.15) is 41.5 Å². The molecule has 2 aromatic carbocycles. The fourth-order valence-electron chi connectivity index (χ4n) is 2.97. The molecule has 27 heavy (non-hydrogen) atoms. The van der Waals surface area contributed by atoms with Crippen molar-refractivity contribution in [3.63, 3.8) is 0 Å². The molecule has 0 fully saturated rings. The van der Waals surface area contributed by atoms with Crippen LogP contribution < -0.4 is 5.32 Å². The summed E-state index contributed by atoms with van der Waals surface area (Å²) in [6.07, 6.45) is 1.73. The molecular formula is C23H25N3O. The second kappa shape index (κ2) is 8.99. The number of hydrogen-bond donors (Lipinski definition) is 1. The molecule has 0 saturated carbocycles. The summed E-state index contributed by atoms with van der Waals surface area (Å²) < 4.78 is 0. The van der Waals surface area contributed by atoms with Crippen molar-refractivity contribution < 1.29 is 4.79 Å². The normalized spacial score (nSPS) is 11.6. The lowest BCUT2D eigenvalue weighted by atomic mass is 10.1. The fraction of sp³-hybridized carbons (Fsp3) is 0.217. The highest BCUT2D eigenvalue weighted by molar-refractivity contribution is 5.92. The van der Waals surface area contributed by atoms with Gasteiger partial charge in [-0.05, 0) is 37.1 Å². The monoisotopic (exact) mass is 359 g/mol. The van der Waals surface area contributed by atoms with Crippen LogP contribution in [0.5, 0.6) is 0 Å². The number of nitrogens with zero attached hydrogens (tertiary/aromatic N) is 2. The lowest BCUT2D eigenvalue weighted by molar-refractivity contribution is 0.0746. The van der Waals surface area contributed by atoms with Gasteiger partial charge < -0.3 is 10.2 Å².